The number of nitrogens with two attached hydrogens (primary N) is 2. The second-order valence-corrected chi connectivity index (χ2v) is 19.0. The van der Waals surface area contributed by atoms with Gasteiger partial charge in [0.05, 0.1) is 22.8 Å². The fourth-order valence-electron chi connectivity index (χ4n) is 6.68. The molecule has 0 bridgehead atoms. The average molecular weight is 1060 g/mol. The molecule has 0 amide bonds. The molecule has 1 heterocycles. The van der Waals surface area contributed by atoms with E-state index in [9.17, 15) is 9.59 Å². The molecule has 0 saturated carbocycles. The molecule has 330 valence electrons. The first-order chi connectivity index (χ1) is 28.0. The monoisotopic (exact) mass is 1060 g/mol. The van der Waals surface area contributed by atoms with Crippen LogP contribution in [0.3, 0.4) is 0 Å². The molecule has 0 fully saturated rings. The summed E-state index contributed by atoms with van der Waals surface area (Å²) in [5.41, 5.74) is 16.7. The van der Waals surface area contributed by atoms with Crippen LogP contribution in [0.25, 0.3) is 11.0 Å². The van der Waals surface area contributed by atoms with Crippen molar-refractivity contribution in [3.63, 3.8) is 0 Å². The predicted molar refractivity (Wildman–Crippen MR) is 268 cm³/mol. The molecule has 0 aliphatic carbocycles. The highest BCUT2D eigenvalue weighted by Crippen LogP contribution is 2.32. The Morgan fingerprint density at radius 2 is 0.690 bits per heavy atom. The van der Waals surface area contributed by atoms with E-state index in [4.69, 9.17) is 21.4 Å². The van der Waals surface area contributed by atoms with Gasteiger partial charge in [0, 0.05) is 32.2 Å². The van der Waals surface area contributed by atoms with E-state index in [1.54, 1.807) is 0 Å². The summed E-state index contributed by atoms with van der Waals surface area (Å²) in [6, 6.07) is 7.80. The van der Waals surface area contributed by atoms with Gasteiger partial charge in [0.1, 0.15) is 11.0 Å². The summed E-state index contributed by atoms with van der Waals surface area (Å²) in [7, 11) is 0. The Labute approximate surface area is 388 Å². The minimum Gasteiger partial charge on any atom is -0.396 e. The number of nitrogen functional groups attached to an aromatic ring is 2. The molecule has 4 N–H and O–H groups in total. The summed E-state index contributed by atoms with van der Waals surface area (Å²) in [5.74, 6) is -0.261. The van der Waals surface area contributed by atoms with Gasteiger partial charge in [-0.05, 0) is 127 Å². The molecular formula is C48H78Br4N4O2. The maximum Gasteiger partial charge on any atom is 0.198 e. The van der Waals surface area contributed by atoms with Crippen LogP contribution in [0, 0.1) is 0 Å². The van der Waals surface area contributed by atoms with Crippen LogP contribution in [-0.2, 0) is 22.4 Å². The van der Waals surface area contributed by atoms with Crippen molar-refractivity contribution in [2.75, 3.05) is 11.5 Å². The third kappa shape index (κ3) is 24.2. The molecule has 10 heteroatoms. The number of carbonyl (C=O) groups excluding carboxylic acids is 2. The predicted octanol–water partition coefficient (Wildman–Crippen LogP) is 17.2. The molecule has 58 heavy (non-hydrogen) atoms. The van der Waals surface area contributed by atoms with E-state index in [-0.39, 0.29) is 13.0 Å². The van der Waals surface area contributed by atoms with Gasteiger partial charge in [-0.2, -0.15) is 0 Å². The minimum absolute atomic E-state index is 0. The molecule has 0 aliphatic rings. The number of halogens is 4. The van der Waals surface area contributed by atoms with Crippen molar-refractivity contribution in [1.29, 1.82) is 0 Å². The fourth-order valence-corrected chi connectivity index (χ4v) is 8.19. The Morgan fingerprint density at radius 1 is 0.431 bits per heavy atom. The minimum atomic E-state index is -0.131. The van der Waals surface area contributed by atoms with Gasteiger partial charge in [0.2, 0.25) is 0 Å². The number of ketones is 2. The third-order valence-corrected chi connectivity index (χ3v) is 13.1. The number of Topliss-reactive ketones (excluding diaryl/α,β-unsaturated/α-hetero) is 2. The van der Waals surface area contributed by atoms with Crippen LogP contribution in [0.15, 0.2) is 42.2 Å². The molecule has 3 rings (SSSR count). The van der Waals surface area contributed by atoms with Crippen LogP contribution < -0.4 is 11.5 Å². The SMILES string of the molecule is CCCCCCCCC(=O)C(=O)CCCCCCCC.CCCCCCCCc1nc2c(Br)ccc(Br)c2nc1CCCCCCCC.Nc1c(Br)ccc(Br)c1N.[2HH]. The Kier molecular flexibility index (Phi) is 33.2. The van der Waals surface area contributed by atoms with Crippen LogP contribution in [0.5, 0.6) is 0 Å². The normalized spacial score (nSPS) is 10.9. The van der Waals surface area contributed by atoms with Crippen molar-refractivity contribution in [3.05, 3.63) is 53.5 Å². The topological polar surface area (TPSA) is 112 Å². The molecule has 0 aliphatic heterocycles. The van der Waals surface area contributed by atoms with Crippen LogP contribution in [-0.4, -0.2) is 21.5 Å². The number of aromatic nitrogens is 2. The first kappa shape index (κ1) is 54.7. The van der Waals surface area contributed by atoms with Gasteiger partial charge in [-0.25, -0.2) is 9.97 Å². The molecule has 0 unspecified atom stereocenters. The average Bonchev–Trinajstić information content (AvgIpc) is 3.22. The van der Waals surface area contributed by atoms with E-state index in [1.807, 2.05) is 12.1 Å². The molecule has 2 aromatic carbocycles. The van der Waals surface area contributed by atoms with Crippen molar-refractivity contribution in [2.45, 2.75) is 207 Å². The summed E-state index contributed by atoms with van der Waals surface area (Å²) in [6.07, 6.45) is 32.8. The number of rotatable bonds is 29. The largest absolute Gasteiger partial charge is 0.396 e. The van der Waals surface area contributed by atoms with E-state index in [1.165, 1.54) is 140 Å². The summed E-state index contributed by atoms with van der Waals surface area (Å²) in [4.78, 5) is 33.4. The highest BCUT2D eigenvalue weighted by molar-refractivity contribution is 9.11. The lowest BCUT2D eigenvalue weighted by molar-refractivity contribution is -0.136. The lowest BCUT2D eigenvalue weighted by Gasteiger charge is -2.12. The van der Waals surface area contributed by atoms with Gasteiger partial charge in [0.25, 0.3) is 0 Å². The zero-order valence-corrected chi connectivity index (χ0v) is 42.8. The van der Waals surface area contributed by atoms with Crippen LogP contribution in [0.2, 0.25) is 0 Å². The van der Waals surface area contributed by atoms with Gasteiger partial charge in [0.15, 0.2) is 11.6 Å². The number of nitrogens with zero attached hydrogens (tertiary/aromatic N) is 2. The van der Waals surface area contributed by atoms with Crippen molar-refractivity contribution in [2.24, 2.45) is 0 Å². The molecule has 0 saturated heterocycles. The Bertz CT molecular complexity index is 1460. The highest BCUT2D eigenvalue weighted by atomic mass is 79.9. The number of fused-ring (bicyclic) bond motifs is 1. The quantitative estimate of drug-likeness (QED) is 0.0407. The Morgan fingerprint density at radius 3 is 1.00 bits per heavy atom. The van der Waals surface area contributed by atoms with Crippen molar-refractivity contribution in [3.8, 4) is 0 Å². The number of anilines is 2. The molecule has 1 aromatic heterocycles. The van der Waals surface area contributed by atoms with E-state index >= 15 is 0 Å². The molecule has 0 spiro atoms. The molecule has 3 aromatic rings. The molecule has 0 radical (unpaired) electrons. The van der Waals surface area contributed by atoms with Crippen molar-refractivity contribution >= 4 is 97.7 Å². The number of benzene rings is 2. The summed E-state index contributed by atoms with van der Waals surface area (Å²) in [6.45, 7) is 8.94. The lowest BCUT2D eigenvalue weighted by Crippen LogP contribution is -2.13. The van der Waals surface area contributed by atoms with Crippen LogP contribution in [0.4, 0.5) is 11.4 Å². The smallest absolute Gasteiger partial charge is 0.198 e. The standard InChI is InChI=1S/C24H36Br2N2.C18H34O2.C6H6Br2N2.H2/c1-3-5-7-9-11-13-15-21-22(16-14-12-10-8-6-4-2)28-24-20(26)18-17-19(25)23(24)27-21;1-3-5-7-9-11-13-15-17(19)18(20)16-14-12-10-8-6-4-2;7-3-1-2-4(8)6(10)5(3)9;/h17-18H,3-16H2,1-2H3;3-16H2,1-2H3;1-2H,9-10H2;1H/i;;;1+1. The molecule has 0 atom stereocenters. The maximum absolute atomic E-state index is 11.6. The lowest BCUT2D eigenvalue weighted by atomic mass is 10.0. The van der Waals surface area contributed by atoms with Gasteiger partial charge in [-0.3, -0.25) is 9.59 Å². The number of carbonyl (C=O) groups is 2. The van der Waals surface area contributed by atoms with E-state index in [0.717, 1.165) is 67.4 Å². The van der Waals surface area contributed by atoms with Crippen LogP contribution >= 0.6 is 63.7 Å². The highest BCUT2D eigenvalue weighted by Gasteiger charge is 2.14. The van der Waals surface area contributed by atoms with E-state index in [0.29, 0.717) is 24.2 Å². The van der Waals surface area contributed by atoms with Gasteiger partial charge < -0.3 is 11.5 Å². The summed E-state index contributed by atoms with van der Waals surface area (Å²) < 4.78 is 3.73. The van der Waals surface area contributed by atoms with E-state index < -0.39 is 0 Å². The molecular weight excluding hydrogens is 984 g/mol. The second-order valence-electron chi connectivity index (χ2n) is 15.6. The van der Waals surface area contributed by atoms with Crippen molar-refractivity contribution in [1.82, 2.24) is 9.97 Å². The number of hydrogen-bond acceptors (Lipinski definition) is 6. The zero-order valence-electron chi connectivity index (χ0n) is 36.5. The maximum atomic E-state index is 11.6. The number of aryl methyl sites for hydroxylation is 2. The first-order valence-corrected chi connectivity index (χ1v) is 25.9. The summed E-state index contributed by atoms with van der Waals surface area (Å²) >= 11 is 13.8. The summed E-state index contributed by atoms with van der Waals surface area (Å²) in [5, 5.41) is 0. The van der Waals surface area contributed by atoms with Crippen molar-refractivity contribution < 1.29 is 11.0 Å². The van der Waals surface area contributed by atoms with Gasteiger partial charge in [-0.15, -0.1) is 0 Å². The second kappa shape index (κ2) is 35.3. The molecule has 6 nitrogen and oxygen atoms in total. The van der Waals surface area contributed by atoms with Gasteiger partial charge >= 0.3 is 0 Å². The van der Waals surface area contributed by atoms with Gasteiger partial charge in [-0.1, -0.05) is 156 Å². The first-order valence-electron chi connectivity index (χ1n) is 22.7. The zero-order chi connectivity index (χ0) is 43.0. The Balaban J connectivity index is 0.000000944. The fraction of sp³-hybridized carbons (Fsp3) is 0.667. The number of unbranched alkanes of at least 4 members (excludes halogenated alkanes) is 20. The third-order valence-electron chi connectivity index (χ3n) is 10.4. The van der Waals surface area contributed by atoms with Crippen LogP contribution in [0.1, 0.15) is 207 Å². The van der Waals surface area contributed by atoms with E-state index in [2.05, 4.69) is 104 Å². The number of hydrogen-bond donors (Lipinski definition) is 2. The Hall–Kier alpha value is -1.36.